The largest absolute Gasteiger partial charge is 0.348 e. The van der Waals surface area contributed by atoms with Crippen LogP contribution < -0.4 is 10.6 Å². The molecule has 1 aliphatic heterocycles. The number of rotatable bonds is 5. The Balaban J connectivity index is 1.71. The van der Waals surface area contributed by atoms with Gasteiger partial charge in [-0.25, -0.2) is 4.98 Å². The fourth-order valence-electron chi connectivity index (χ4n) is 2.09. The molecule has 0 saturated carbocycles. The van der Waals surface area contributed by atoms with Gasteiger partial charge in [0.1, 0.15) is 5.01 Å². The third-order valence-corrected chi connectivity index (χ3v) is 4.33. The number of nitrogens with one attached hydrogen (secondary N) is 2. The van der Waals surface area contributed by atoms with Crippen LogP contribution in [0, 0.1) is 0 Å². The highest BCUT2D eigenvalue weighted by Gasteiger charge is 2.12. The molecule has 19 heavy (non-hydrogen) atoms. The van der Waals surface area contributed by atoms with Crippen molar-refractivity contribution in [1.29, 1.82) is 0 Å². The van der Waals surface area contributed by atoms with Crippen LogP contribution in [0.3, 0.4) is 0 Å². The maximum Gasteiger partial charge on any atom is 0.234 e. The summed E-state index contributed by atoms with van der Waals surface area (Å²) < 4.78 is 0. The van der Waals surface area contributed by atoms with Gasteiger partial charge >= 0.3 is 0 Å². The fourth-order valence-corrected chi connectivity index (χ4v) is 2.89. The summed E-state index contributed by atoms with van der Waals surface area (Å²) in [5.74, 6) is 0.0927. The zero-order valence-electron chi connectivity index (χ0n) is 11.4. The van der Waals surface area contributed by atoms with Gasteiger partial charge in [0.2, 0.25) is 5.91 Å². The number of aryl methyl sites for hydroxylation is 1. The minimum atomic E-state index is 0.0927. The first-order valence-electron chi connectivity index (χ1n) is 6.91. The van der Waals surface area contributed by atoms with E-state index in [1.807, 2.05) is 6.20 Å². The average molecular weight is 282 g/mol. The van der Waals surface area contributed by atoms with Crippen LogP contribution in [-0.4, -0.2) is 48.5 Å². The first kappa shape index (κ1) is 14.4. The van der Waals surface area contributed by atoms with Crippen molar-refractivity contribution in [2.45, 2.75) is 26.3 Å². The summed E-state index contributed by atoms with van der Waals surface area (Å²) in [6.07, 6.45) is 4.01. The highest BCUT2D eigenvalue weighted by molar-refractivity contribution is 7.11. The van der Waals surface area contributed by atoms with Gasteiger partial charge < -0.3 is 10.6 Å². The highest BCUT2D eigenvalue weighted by Crippen LogP contribution is 2.12. The first-order chi connectivity index (χ1) is 9.28. The van der Waals surface area contributed by atoms with Gasteiger partial charge in [-0.2, -0.15) is 0 Å². The molecule has 1 amide bonds. The minimum Gasteiger partial charge on any atom is -0.348 e. The first-order valence-corrected chi connectivity index (χ1v) is 7.73. The topological polar surface area (TPSA) is 57.3 Å². The molecule has 2 rings (SSSR count). The lowest BCUT2D eigenvalue weighted by molar-refractivity contribution is -0.122. The normalized spacial score (nSPS) is 17.1. The van der Waals surface area contributed by atoms with Crippen LogP contribution in [0.25, 0.3) is 0 Å². The summed E-state index contributed by atoms with van der Waals surface area (Å²) in [4.78, 5) is 19.6. The van der Waals surface area contributed by atoms with Crippen LogP contribution >= 0.6 is 11.3 Å². The Bertz CT molecular complexity index is 399. The van der Waals surface area contributed by atoms with Gasteiger partial charge in [-0.15, -0.1) is 11.3 Å². The van der Waals surface area contributed by atoms with E-state index in [4.69, 9.17) is 0 Å². The molecule has 0 atom stereocenters. The SMILES string of the molecule is CCc1cnc(CNC(=O)CN2CCCNCC2)s1. The predicted molar refractivity (Wildman–Crippen MR) is 77.3 cm³/mol. The molecule has 1 saturated heterocycles. The summed E-state index contributed by atoms with van der Waals surface area (Å²) in [6.45, 7) is 7.13. The van der Waals surface area contributed by atoms with Crippen LogP contribution in [0.4, 0.5) is 0 Å². The van der Waals surface area contributed by atoms with Crippen molar-refractivity contribution in [3.05, 3.63) is 16.1 Å². The zero-order chi connectivity index (χ0) is 13.5. The van der Waals surface area contributed by atoms with Gasteiger partial charge in [-0.05, 0) is 25.9 Å². The summed E-state index contributed by atoms with van der Waals surface area (Å²) in [7, 11) is 0. The molecule has 1 aliphatic rings. The molecule has 0 radical (unpaired) electrons. The number of hydrogen-bond acceptors (Lipinski definition) is 5. The molecule has 1 aromatic heterocycles. The van der Waals surface area contributed by atoms with Crippen molar-refractivity contribution in [3.8, 4) is 0 Å². The van der Waals surface area contributed by atoms with Gasteiger partial charge in [-0.3, -0.25) is 9.69 Å². The predicted octanol–water partition coefficient (Wildman–Crippen LogP) is 0.617. The van der Waals surface area contributed by atoms with Crippen LogP contribution in [-0.2, 0) is 17.8 Å². The monoisotopic (exact) mass is 282 g/mol. The number of hydrogen-bond donors (Lipinski definition) is 2. The Kier molecular flexibility index (Phi) is 5.75. The molecule has 2 N–H and O–H groups in total. The lowest BCUT2D eigenvalue weighted by Crippen LogP contribution is -2.38. The molecule has 0 spiro atoms. The van der Waals surface area contributed by atoms with Crippen molar-refractivity contribution in [2.24, 2.45) is 0 Å². The number of carbonyl (C=O) groups excluding carboxylic acids is 1. The second kappa shape index (κ2) is 7.57. The molecule has 106 valence electrons. The molecule has 0 aromatic carbocycles. The van der Waals surface area contributed by atoms with Gasteiger partial charge in [0, 0.05) is 24.2 Å². The van der Waals surface area contributed by atoms with E-state index < -0.39 is 0 Å². The van der Waals surface area contributed by atoms with E-state index in [1.54, 1.807) is 11.3 Å². The van der Waals surface area contributed by atoms with Crippen molar-refractivity contribution in [1.82, 2.24) is 20.5 Å². The lowest BCUT2D eigenvalue weighted by Gasteiger charge is -2.18. The Hall–Kier alpha value is -0.980. The molecule has 5 nitrogen and oxygen atoms in total. The van der Waals surface area contributed by atoms with Crippen LogP contribution in [0.5, 0.6) is 0 Å². The van der Waals surface area contributed by atoms with E-state index in [2.05, 4.69) is 27.4 Å². The van der Waals surface area contributed by atoms with E-state index in [0.717, 1.165) is 44.0 Å². The maximum absolute atomic E-state index is 11.9. The molecule has 0 unspecified atom stereocenters. The second-order valence-electron chi connectivity index (χ2n) is 4.73. The Morgan fingerprint density at radius 2 is 2.42 bits per heavy atom. The third-order valence-electron chi connectivity index (χ3n) is 3.19. The Labute approximate surface area is 118 Å². The Morgan fingerprint density at radius 1 is 1.53 bits per heavy atom. The quantitative estimate of drug-likeness (QED) is 0.831. The standard InChI is InChI=1S/C13H22N4OS/c1-2-11-8-16-13(19-11)9-15-12(18)10-17-6-3-4-14-5-7-17/h8,14H,2-7,9-10H2,1H3,(H,15,18). The number of amides is 1. The van der Waals surface area contributed by atoms with Gasteiger partial charge in [0.05, 0.1) is 13.1 Å². The molecular formula is C13H22N4OS. The number of aromatic nitrogens is 1. The molecule has 2 heterocycles. The summed E-state index contributed by atoms with van der Waals surface area (Å²) in [5, 5.41) is 7.28. The van der Waals surface area contributed by atoms with E-state index >= 15 is 0 Å². The highest BCUT2D eigenvalue weighted by atomic mass is 32.1. The van der Waals surface area contributed by atoms with Crippen LogP contribution in [0.15, 0.2) is 6.20 Å². The van der Waals surface area contributed by atoms with Crippen molar-refractivity contribution in [2.75, 3.05) is 32.7 Å². The molecule has 1 aromatic rings. The number of nitrogens with zero attached hydrogens (tertiary/aromatic N) is 2. The van der Waals surface area contributed by atoms with E-state index in [1.165, 1.54) is 4.88 Å². The van der Waals surface area contributed by atoms with E-state index in [-0.39, 0.29) is 5.91 Å². The number of thiazole rings is 1. The van der Waals surface area contributed by atoms with Crippen molar-refractivity contribution in [3.63, 3.8) is 0 Å². The summed E-state index contributed by atoms with van der Waals surface area (Å²) >= 11 is 1.67. The van der Waals surface area contributed by atoms with Crippen LogP contribution in [0.2, 0.25) is 0 Å². The number of carbonyl (C=O) groups is 1. The summed E-state index contributed by atoms with van der Waals surface area (Å²) in [5.41, 5.74) is 0. The van der Waals surface area contributed by atoms with Gasteiger partial charge in [0.15, 0.2) is 0 Å². The fraction of sp³-hybridized carbons (Fsp3) is 0.692. The molecular weight excluding hydrogens is 260 g/mol. The van der Waals surface area contributed by atoms with Crippen molar-refractivity contribution < 1.29 is 4.79 Å². The molecule has 0 bridgehead atoms. The Morgan fingerprint density at radius 3 is 3.21 bits per heavy atom. The van der Waals surface area contributed by atoms with Crippen LogP contribution in [0.1, 0.15) is 23.2 Å². The van der Waals surface area contributed by atoms with Gasteiger partial charge in [0.25, 0.3) is 0 Å². The van der Waals surface area contributed by atoms with E-state index in [0.29, 0.717) is 13.1 Å². The smallest absolute Gasteiger partial charge is 0.234 e. The average Bonchev–Trinajstić information content (AvgIpc) is 2.73. The second-order valence-corrected chi connectivity index (χ2v) is 5.93. The molecule has 0 aliphatic carbocycles. The van der Waals surface area contributed by atoms with Crippen molar-refractivity contribution >= 4 is 17.2 Å². The zero-order valence-corrected chi connectivity index (χ0v) is 12.3. The maximum atomic E-state index is 11.9. The lowest BCUT2D eigenvalue weighted by atomic mass is 10.4. The molecule has 1 fully saturated rings. The minimum absolute atomic E-state index is 0.0927. The summed E-state index contributed by atoms with van der Waals surface area (Å²) in [6, 6.07) is 0. The third kappa shape index (κ3) is 4.89. The molecule has 6 heteroatoms. The van der Waals surface area contributed by atoms with Gasteiger partial charge in [-0.1, -0.05) is 6.92 Å². The van der Waals surface area contributed by atoms with E-state index in [9.17, 15) is 4.79 Å².